The molecule has 0 radical (unpaired) electrons. The largest absolute Gasteiger partial charge is 0.444 e. The third-order valence-corrected chi connectivity index (χ3v) is 3.04. The van der Waals surface area contributed by atoms with Crippen molar-refractivity contribution in [1.82, 2.24) is 14.9 Å². The van der Waals surface area contributed by atoms with Crippen LogP contribution in [0.1, 0.15) is 27.2 Å². The first-order valence-electron chi connectivity index (χ1n) is 7.05. The van der Waals surface area contributed by atoms with Gasteiger partial charge >= 0.3 is 6.09 Å². The monoisotopic (exact) mass is 296 g/mol. The molecule has 7 heteroatoms. The Bertz CT molecular complexity index is 487. The average Bonchev–Trinajstić information content (AvgIpc) is 2.63. The van der Waals surface area contributed by atoms with Crippen molar-refractivity contribution in [3.05, 3.63) is 18.2 Å². The first-order valence-corrected chi connectivity index (χ1v) is 7.05. The van der Waals surface area contributed by atoms with Crippen LogP contribution in [-0.2, 0) is 4.74 Å². The van der Waals surface area contributed by atoms with Gasteiger partial charge < -0.3 is 14.5 Å². The second kappa shape index (κ2) is 6.24. The fourth-order valence-electron chi connectivity index (χ4n) is 2.10. The molecule has 2 heterocycles. The molecule has 0 spiro atoms. The SMILES string of the molecule is CC(C)(C)OC(=O)N1CCCN(c2ncc(F)cn2)CC1. The molecule has 1 aromatic heterocycles. The third-order valence-electron chi connectivity index (χ3n) is 3.04. The Morgan fingerprint density at radius 3 is 2.48 bits per heavy atom. The molecule has 0 N–H and O–H groups in total. The zero-order chi connectivity index (χ0) is 15.5. The molecule has 2 rings (SSSR count). The number of halogens is 1. The Balaban J connectivity index is 1.95. The molecule has 116 valence electrons. The van der Waals surface area contributed by atoms with E-state index in [1.54, 1.807) is 4.90 Å². The van der Waals surface area contributed by atoms with E-state index in [-0.39, 0.29) is 6.09 Å². The van der Waals surface area contributed by atoms with Crippen LogP contribution in [0.25, 0.3) is 0 Å². The molecule has 6 nitrogen and oxygen atoms in total. The van der Waals surface area contributed by atoms with Crippen LogP contribution in [0, 0.1) is 5.82 Å². The Kier molecular flexibility index (Phi) is 4.59. The molecule has 0 aromatic carbocycles. The Hall–Kier alpha value is -1.92. The second-order valence-electron chi connectivity index (χ2n) is 6.01. The summed E-state index contributed by atoms with van der Waals surface area (Å²) in [7, 11) is 0. The van der Waals surface area contributed by atoms with E-state index in [2.05, 4.69) is 9.97 Å². The standard InChI is InChI=1S/C14H21FN4O2/c1-14(2,3)21-13(20)19-6-4-5-18(7-8-19)12-16-9-11(15)10-17-12/h9-10H,4-8H2,1-3H3. The van der Waals surface area contributed by atoms with Crippen LogP contribution in [0.2, 0.25) is 0 Å². The predicted molar refractivity (Wildman–Crippen MR) is 76.6 cm³/mol. The molecule has 1 fully saturated rings. The van der Waals surface area contributed by atoms with E-state index in [1.165, 1.54) is 0 Å². The number of carbonyl (C=O) groups excluding carboxylic acids is 1. The van der Waals surface area contributed by atoms with Crippen molar-refractivity contribution in [1.29, 1.82) is 0 Å². The van der Waals surface area contributed by atoms with Crippen LogP contribution >= 0.6 is 0 Å². The summed E-state index contributed by atoms with van der Waals surface area (Å²) >= 11 is 0. The Morgan fingerprint density at radius 1 is 1.19 bits per heavy atom. The van der Waals surface area contributed by atoms with Gasteiger partial charge in [0.1, 0.15) is 5.60 Å². The number of hydrogen-bond acceptors (Lipinski definition) is 5. The van der Waals surface area contributed by atoms with Crippen LogP contribution in [0.4, 0.5) is 15.1 Å². The van der Waals surface area contributed by atoms with Crippen molar-refractivity contribution in [2.75, 3.05) is 31.1 Å². The molecule has 1 aliphatic rings. The summed E-state index contributed by atoms with van der Waals surface area (Å²) in [4.78, 5) is 23.7. The molecule has 1 amide bonds. The van der Waals surface area contributed by atoms with Gasteiger partial charge in [-0.2, -0.15) is 0 Å². The highest BCUT2D eigenvalue weighted by Gasteiger charge is 2.25. The van der Waals surface area contributed by atoms with Gasteiger partial charge in [-0.1, -0.05) is 0 Å². The van der Waals surface area contributed by atoms with Gasteiger partial charge in [-0.15, -0.1) is 0 Å². The number of amides is 1. The molecule has 1 aromatic rings. The lowest BCUT2D eigenvalue weighted by Crippen LogP contribution is -2.39. The average molecular weight is 296 g/mol. The molecule has 1 saturated heterocycles. The van der Waals surface area contributed by atoms with Crippen molar-refractivity contribution in [2.45, 2.75) is 32.8 Å². The maximum absolute atomic E-state index is 12.8. The smallest absolute Gasteiger partial charge is 0.410 e. The zero-order valence-electron chi connectivity index (χ0n) is 12.7. The van der Waals surface area contributed by atoms with Crippen LogP contribution in [0.5, 0.6) is 0 Å². The van der Waals surface area contributed by atoms with Crippen LogP contribution in [-0.4, -0.2) is 52.7 Å². The second-order valence-corrected chi connectivity index (χ2v) is 6.01. The number of aromatic nitrogens is 2. The van der Waals surface area contributed by atoms with Crippen molar-refractivity contribution >= 4 is 12.0 Å². The Morgan fingerprint density at radius 2 is 1.86 bits per heavy atom. The van der Waals surface area contributed by atoms with E-state index in [0.717, 1.165) is 25.4 Å². The molecule has 0 aliphatic carbocycles. The van der Waals surface area contributed by atoms with Gasteiger partial charge in [0.25, 0.3) is 0 Å². The number of nitrogens with zero attached hydrogens (tertiary/aromatic N) is 4. The highest BCUT2D eigenvalue weighted by molar-refractivity contribution is 5.68. The minimum atomic E-state index is -0.497. The van der Waals surface area contributed by atoms with E-state index < -0.39 is 11.4 Å². The Labute approximate surface area is 123 Å². The maximum atomic E-state index is 12.8. The van der Waals surface area contributed by atoms with Gasteiger partial charge in [0, 0.05) is 26.2 Å². The van der Waals surface area contributed by atoms with Gasteiger partial charge in [0.15, 0.2) is 5.82 Å². The first-order chi connectivity index (χ1) is 9.85. The zero-order valence-corrected chi connectivity index (χ0v) is 12.7. The topological polar surface area (TPSA) is 58.6 Å². The fourth-order valence-corrected chi connectivity index (χ4v) is 2.10. The summed E-state index contributed by atoms with van der Waals surface area (Å²) in [6.07, 6.45) is 2.79. The number of rotatable bonds is 1. The number of anilines is 1. The van der Waals surface area contributed by atoms with Crippen LogP contribution in [0.15, 0.2) is 12.4 Å². The van der Waals surface area contributed by atoms with Crippen LogP contribution < -0.4 is 4.90 Å². The van der Waals surface area contributed by atoms with Crippen molar-refractivity contribution < 1.29 is 13.9 Å². The molecule has 1 aliphatic heterocycles. The maximum Gasteiger partial charge on any atom is 0.410 e. The summed E-state index contributed by atoms with van der Waals surface area (Å²) < 4.78 is 18.2. The van der Waals surface area contributed by atoms with E-state index in [4.69, 9.17) is 4.74 Å². The summed E-state index contributed by atoms with van der Waals surface area (Å²) in [6, 6.07) is 0. The minimum absolute atomic E-state index is 0.302. The number of hydrogen-bond donors (Lipinski definition) is 0. The van der Waals surface area contributed by atoms with Gasteiger partial charge in [-0.3, -0.25) is 0 Å². The van der Waals surface area contributed by atoms with E-state index in [9.17, 15) is 9.18 Å². The van der Waals surface area contributed by atoms with Gasteiger partial charge in [-0.25, -0.2) is 19.2 Å². The van der Waals surface area contributed by atoms with Gasteiger partial charge in [-0.05, 0) is 27.2 Å². The van der Waals surface area contributed by atoms with Gasteiger partial charge in [0.05, 0.1) is 12.4 Å². The predicted octanol–water partition coefficient (Wildman–Crippen LogP) is 2.06. The summed E-state index contributed by atoms with van der Waals surface area (Å²) in [5.41, 5.74) is -0.497. The summed E-state index contributed by atoms with van der Waals surface area (Å²) in [5, 5.41) is 0. The molecule has 21 heavy (non-hydrogen) atoms. The number of ether oxygens (including phenoxy) is 1. The number of carbonyl (C=O) groups is 1. The highest BCUT2D eigenvalue weighted by atomic mass is 19.1. The molecule has 0 saturated carbocycles. The van der Waals surface area contributed by atoms with E-state index in [0.29, 0.717) is 25.6 Å². The lowest BCUT2D eigenvalue weighted by atomic mass is 10.2. The minimum Gasteiger partial charge on any atom is -0.444 e. The van der Waals surface area contributed by atoms with Gasteiger partial charge in [0.2, 0.25) is 5.95 Å². The normalized spacial score (nSPS) is 16.6. The van der Waals surface area contributed by atoms with E-state index in [1.807, 2.05) is 25.7 Å². The summed E-state index contributed by atoms with van der Waals surface area (Å²) in [6.45, 7) is 8.04. The molecular formula is C14H21FN4O2. The first kappa shape index (κ1) is 15.5. The summed E-state index contributed by atoms with van der Waals surface area (Å²) in [5.74, 6) is 0.0337. The quantitative estimate of drug-likeness (QED) is 0.794. The fraction of sp³-hybridized carbons (Fsp3) is 0.643. The van der Waals surface area contributed by atoms with Crippen molar-refractivity contribution in [3.63, 3.8) is 0 Å². The molecule has 0 unspecified atom stereocenters. The van der Waals surface area contributed by atoms with Crippen LogP contribution in [0.3, 0.4) is 0 Å². The lowest BCUT2D eigenvalue weighted by molar-refractivity contribution is 0.0263. The lowest BCUT2D eigenvalue weighted by Gasteiger charge is -2.26. The third kappa shape index (κ3) is 4.54. The van der Waals surface area contributed by atoms with Crippen molar-refractivity contribution in [2.24, 2.45) is 0 Å². The van der Waals surface area contributed by atoms with Crippen molar-refractivity contribution in [3.8, 4) is 0 Å². The molecule has 0 atom stereocenters. The van der Waals surface area contributed by atoms with E-state index >= 15 is 0 Å². The molecular weight excluding hydrogens is 275 g/mol. The molecule has 0 bridgehead atoms. The highest BCUT2D eigenvalue weighted by Crippen LogP contribution is 2.14.